The Hall–Kier alpha value is -0.420. The standard InChI is InChI=1S/C8H7Br2NO2/c1-2-6-7(9)3-5(11(12)13)4-8(6)10/h3-4H,2H2,1H3. The predicted octanol–water partition coefficient (Wildman–Crippen LogP) is 3.68. The van der Waals surface area contributed by atoms with Gasteiger partial charge in [-0.25, -0.2) is 0 Å². The van der Waals surface area contributed by atoms with Crippen LogP contribution in [0.25, 0.3) is 0 Å². The molecule has 0 radical (unpaired) electrons. The first-order valence-electron chi connectivity index (χ1n) is 3.68. The average molecular weight is 309 g/mol. The average Bonchev–Trinajstić information content (AvgIpc) is 2.03. The van der Waals surface area contributed by atoms with Crippen molar-refractivity contribution >= 4 is 37.5 Å². The molecule has 0 N–H and O–H groups in total. The van der Waals surface area contributed by atoms with Crippen LogP contribution in [0, 0.1) is 10.1 Å². The molecule has 0 amide bonds. The molecule has 0 heterocycles. The lowest BCUT2D eigenvalue weighted by Gasteiger charge is -2.03. The normalized spacial score (nSPS) is 10.1. The Balaban J connectivity index is 3.28. The van der Waals surface area contributed by atoms with E-state index in [0.717, 1.165) is 20.9 Å². The minimum absolute atomic E-state index is 0.0935. The van der Waals surface area contributed by atoms with Gasteiger partial charge in [-0.05, 0) is 12.0 Å². The summed E-state index contributed by atoms with van der Waals surface area (Å²) in [5.41, 5.74) is 1.14. The molecule has 70 valence electrons. The number of nitro benzene ring substituents is 1. The van der Waals surface area contributed by atoms with Crippen LogP contribution in [0.1, 0.15) is 12.5 Å². The van der Waals surface area contributed by atoms with E-state index in [1.54, 1.807) is 0 Å². The van der Waals surface area contributed by atoms with Gasteiger partial charge in [0.05, 0.1) is 4.92 Å². The molecule has 0 fully saturated rings. The van der Waals surface area contributed by atoms with Gasteiger partial charge in [0.25, 0.3) is 5.69 Å². The zero-order valence-corrected chi connectivity index (χ0v) is 10.1. The van der Waals surface area contributed by atoms with E-state index in [4.69, 9.17) is 0 Å². The predicted molar refractivity (Wildman–Crippen MR) is 57.9 cm³/mol. The first-order chi connectivity index (χ1) is 6.06. The Morgan fingerprint density at radius 1 is 1.38 bits per heavy atom. The highest BCUT2D eigenvalue weighted by Gasteiger charge is 2.12. The molecule has 1 aromatic carbocycles. The smallest absolute Gasteiger partial charge is 0.258 e. The zero-order valence-electron chi connectivity index (χ0n) is 6.88. The Labute approximate surface area is 92.5 Å². The third kappa shape index (κ3) is 2.28. The van der Waals surface area contributed by atoms with Crippen molar-refractivity contribution in [3.8, 4) is 0 Å². The lowest BCUT2D eigenvalue weighted by atomic mass is 10.1. The van der Waals surface area contributed by atoms with Crippen molar-refractivity contribution in [3.05, 3.63) is 36.8 Å². The second kappa shape index (κ2) is 4.19. The van der Waals surface area contributed by atoms with Crippen LogP contribution in [-0.4, -0.2) is 4.92 Å². The monoisotopic (exact) mass is 307 g/mol. The summed E-state index contributed by atoms with van der Waals surface area (Å²) in [5, 5.41) is 10.5. The molecule has 0 atom stereocenters. The summed E-state index contributed by atoms with van der Waals surface area (Å²) in [6.07, 6.45) is 0.833. The minimum Gasteiger partial charge on any atom is -0.258 e. The molecule has 3 nitrogen and oxygen atoms in total. The van der Waals surface area contributed by atoms with Crippen LogP contribution in [0.15, 0.2) is 21.1 Å². The SMILES string of the molecule is CCc1c(Br)cc([N+](=O)[O-])cc1Br. The van der Waals surface area contributed by atoms with Crippen molar-refractivity contribution in [2.24, 2.45) is 0 Å². The Bertz CT molecular complexity index is 329. The van der Waals surface area contributed by atoms with Crippen LogP contribution in [0.4, 0.5) is 5.69 Å². The summed E-state index contributed by atoms with van der Waals surface area (Å²) in [5.74, 6) is 0. The molecule has 0 aromatic heterocycles. The van der Waals surface area contributed by atoms with E-state index >= 15 is 0 Å². The molecular weight excluding hydrogens is 302 g/mol. The van der Waals surface area contributed by atoms with Gasteiger partial charge in [0, 0.05) is 21.1 Å². The van der Waals surface area contributed by atoms with Gasteiger partial charge in [-0.1, -0.05) is 38.8 Å². The van der Waals surface area contributed by atoms with Crippen LogP contribution in [0.2, 0.25) is 0 Å². The zero-order chi connectivity index (χ0) is 10.0. The van der Waals surface area contributed by atoms with Gasteiger partial charge >= 0.3 is 0 Å². The molecule has 0 aliphatic heterocycles. The van der Waals surface area contributed by atoms with Gasteiger partial charge in [0.1, 0.15) is 0 Å². The van der Waals surface area contributed by atoms with Gasteiger partial charge in [-0.2, -0.15) is 0 Å². The van der Waals surface area contributed by atoms with Crippen LogP contribution in [-0.2, 0) is 6.42 Å². The van der Waals surface area contributed by atoms with Crippen LogP contribution in [0.3, 0.4) is 0 Å². The summed E-state index contributed by atoms with van der Waals surface area (Å²) in [6.45, 7) is 2.00. The van der Waals surface area contributed by atoms with Crippen molar-refractivity contribution in [1.29, 1.82) is 0 Å². The number of benzene rings is 1. The maximum Gasteiger partial charge on any atom is 0.271 e. The quantitative estimate of drug-likeness (QED) is 0.618. The summed E-state index contributed by atoms with van der Waals surface area (Å²) in [7, 11) is 0. The first kappa shape index (κ1) is 10.7. The fraction of sp³-hybridized carbons (Fsp3) is 0.250. The summed E-state index contributed by atoms with van der Waals surface area (Å²) in [4.78, 5) is 10.1. The number of hydrogen-bond acceptors (Lipinski definition) is 2. The van der Waals surface area contributed by atoms with E-state index in [1.807, 2.05) is 6.92 Å². The molecule has 0 spiro atoms. The second-order valence-corrected chi connectivity index (χ2v) is 4.21. The molecule has 13 heavy (non-hydrogen) atoms. The molecular formula is C8H7Br2NO2. The molecule has 5 heteroatoms. The van der Waals surface area contributed by atoms with Gasteiger partial charge in [-0.3, -0.25) is 10.1 Å². The molecule has 0 saturated carbocycles. The number of non-ortho nitro benzene ring substituents is 1. The lowest BCUT2D eigenvalue weighted by molar-refractivity contribution is -0.385. The second-order valence-electron chi connectivity index (χ2n) is 2.50. The molecule has 0 unspecified atom stereocenters. The van der Waals surface area contributed by atoms with E-state index in [2.05, 4.69) is 31.9 Å². The number of nitro groups is 1. The van der Waals surface area contributed by atoms with Crippen molar-refractivity contribution in [2.75, 3.05) is 0 Å². The van der Waals surface area contributed by atoms with Crippen molar-refractivity contribution < 1.29 is 4.92 Å². The number of hydrogen-bond donors (Lipinski definition) is 0. The minimum atomic E-state index is -0.408. The maximum absolute atomic E-state index is 10.5. The topological polar surface area (TPSA) is 43.1 Å². The van der Waals surface area contributed by atoms with Crippen LogP contribution in [0.5, 0.6) is 0 Å². The summed E-state index contributed by atoms with van der Waals surface area (Å²) < 4.78 is 1.55. The Morgan fingerprint density at radius 2 is 1.85 bits per heavy atom. The van der Waals surface area contributed by atoms with Gasteiger partial charge in [0.2, 0.25) is 0 Å². The van der Waals surface area contributed by atoms with E-state index in [0.29, 0.717) is 0 Å². The van der Waals surface area contributed by atoms with Crippen LogP contribution >= 0.6 is 31.9 Å². The fourth-order valence-corrected chi connectivity index (χ4v) is 2.76. The van der Waals surface area contributed by atoms with Gasteiger partial charge < -0.3 is 0 Å². The van der Waals surface area contributed by atoms with Gasteiger partial charge in [0.15, 0.2) is 0 Å². The molecule has 0 aliphatic carbocycles. The Morgan fingerprint density at radius 3 is 2.15 bits per heavy atom. The summed E-state index contributed by atoms with van der Waals surface area (Å²) in [6, 6.07) is 3.03. The number of nitrogens with zero attached hydrogens (tertiary/aromatic N) is 1. The fourth-order valence-electron chi connectivity index (χ4n) is 1.03. The van der Waals surface area contributed by atoms with E-state index < -0.39 is 4.92 Å². The van der Waals surface area contributed by atoms with Crippen molar-refractivity contribution in [1.82, 2.24) is 0 Å². The number of rotatable bonds is 2. The molecule has 0 saturated heterocycles. The van der Waals surface area contributed by atoms with E-state index in [-0.39, 0.29) is 5.69 Å². The highest BCUT2D eigenvalue weighted by molar-refractivity contribution is 9.11. The van der Waals surface area contributed by atoms with Gasteiger partial charge in [-0.15, -0.1) is 0 Å². The van der Waals surface area contributed by atoms with Crippen LogP contribution < -0.4 is 0 Å². The van der Waals surface area contributed by atoms with E-state index in [9.17, 15) is 10.1 Å². The molecule has 0 bridgehead atoms. The molecule has 1 rings (SSSR count). The summed E-state index contributed by atoms with van der Waals surface area (Å²) >= 11 is 6.58. The van der Waals surface area contributed by atoms with Crippen molar-refractivity contribution in [2.45, 2.75) is 13.3 Å². The third-order valence-electron chi connectivity index (χ3n) is 1.69. The van der Waals surface area contributed by atoms with E-state index in [1.165, 1.54) is 12.1 Å². The Kier molecular flexibility index (Phi) is 3.44. The highest BCUT2D eigenvalue weighted by atomic mass is 79.9. The number of halogens is 2. The van der Waals surface area contributed by atoms with Crippen molar-refractivity contribution in [3.63, 3.8) is 0 Å². The first-order valence-corrected chi connectivity index (χ1v) is 5.27. The molecule has 1 aromatic rings. The molecule has 0 aliphatic rings. The third-order valence-corrected chi connectivity index (χ3v) is 3.11. The lowest BCUT2D eigenvalue weighted by Crippen LogP contribution is -1.91. The highest BCUT2D eigenvalue weighted by Crippen LogP contribution is 2.30. The largest absolute Gasteiger partial charge is 0.271 e. The maximum atomic E-state index is 10.5.